The average Bonchev–Trinajstić information content (AvgIpc) is 3.51. The molecule has 0 amide bonds. The number of sulfonamides is 1. The minimum atomic E-state index is -3.67. The molecule has 3 N–H and O–H groups in total. The van der Waals surface area contributed by atoms with Gasteiger partial charge in [-0.3, -0.25) is 0 Å². The van der Waals surface area contributed by atoms with Crippen LogP contribution in [0.4, 0.5) is 0 Å². The summed E-state index contributed by atoms with van der Waals surface area (Å²) in [6.07, 6.45) is 8.49. The number of aromatic nitrogens is 2. The number of hydrogen-bond donors (Lipinski definition) is 3. The van der Waals surface area contributed by atoms with Gasteiger partial charge in [-0.2, -0.15) is 0 Å². The van der Waals surface area contributed by atoms with E-state index in [0.717, 1.165) is 41.4 Å². The van der Waals surface area contributed by atoms with E-state index in [1.165, 1.54) is 18.5 Å². The van der Waals surface area contributed by atoms with Crippen LogP contribution in [0, 0.1) is 0 Å². The number of aromatic amines is 1. The van der Waals surface area contributed by atoms with Gasteiger partial charge >= 0.3 is 0 Å². The van der Waals surface area contributed by atoms with Crippen molar-refractivity contribution in [1.29, 1.82) is 0 Å². The van der Waals surface area contributed by atoms with Crippen LogP contribution in [0.15, 0.2) is 47.5 Å². The molecule has 158 valence electrons. The molecule has 5 rings (SSSR count). The number of pyridine rings is 1. The normalized spacial score (nSPS) is 19.2. The lowest BCUT2D eigenvalue weighted by Gasteiger charge is -2.32. The molecular weight excluding hydrogens is 398 g/mol. The highest BCUT2D eigenvalue weighted by Gasteiger charge is 2.31. The lowest BCUT2D eigenvalue weighted by molar-refractivity contribution is 0.00945. The smallest absolute Gasteiger partial charge is 0.240 e. The zero-order valence-corrected chi connectivity index (χ0v) is 17.7. The fraction of sp³-hybridized carbons (Fsp3) is 0.435. The zero-order chi connectivity index (χ0) is 20.8. The number of H-pyrrole nitrogens is 1. The van der Waals surface area contributed by atoms with E-state index in [1.54, 1.807) is 18.3 Å². The molecule has 7 heteroatoms. The van der Waals surface area contributed by atoms with Gasteiger partial charge in [0.25, 0.3) is 0 Å². The van der Waals surface area contributed by atoms with Gasteiger partial charge in [0.1, 0.15) is 5.65 Å². The van der Waals surface area contributed by atoms with Gasteiger partial charge in [0.2, 0.25) is 10.0 Å². The highest BCUT2D eigenvalue weighted by Crippen LogP contribution is 2.41. The van der Waals surface area contributed by atoms with Crippen LogP contribution in [0.5, 0.6) is 0 Å². The highest BCUT2D eigenvalue weighted by molar-refractivity contribution is 7.89. The van der Waals surface area contributed by atoms with Crippen molar-refractivity contribution in [2.75, 3.05) is 6.54 Å². The van der Waals surface area contributed by atoms with Gasteiger partial charge in [-0.15, -0.1) is 0 Å². The first kappa shape index (κ1) is 19.7. The third-order valence-electron chi connectivity index (χ3n) is 6.42. The lowest BCUT2D eigenvalue weighted by Crippen LogP contribution is -2.44. The van der Waals surface area contributed by atoms with Crippen LogP contribution in [0.3, 0.4) is 0 Å². The predicted molar refractivity (Wildman–Crippen MR) is 117 cm³/mol. The van der Waals surface area contributed by atoms with E-state index >= 15 is 0 Å². The second-order valence-corrected chi connectivity index (χ2v) is 10.5. The Kier molecular flexibility index (Phi) is 4.92. The monoisotopic (exact) mass is 425 g/mol. The van der Waals surface area contributed by atoms with Gasteiger partial charge in [-0.25, -0.2) is 18.1 Å². The molecule has 30 heavy (non-hydrogen) atoms. The summed E-state index contributed by atoms with van der Waals surface area (Å²) in [6, 6.07) is 11.1. The summed E-state index contributed by atoms with van der Waals surface area (Å²) in [4.78, 5) is 8.07. The lowest BCUT2D eigenvalue weighted by atomic mass is 9.85. The first-order chi connectivity index (χ1) is 14.4. The number of nitrogens with zero attached hydrogens (tertiary/aromatic N) is 1. The van der Waals surface area contributed by atoms with E-state index in [1.807, 2.05) is 18.2 Å². The number of fused-ring (bicyclic) bond motifs is 1. The quantitative estimate of drug-likeness (QED) is 0.555. The molecule has 2 saturated carbocycles. The molecule has 3 aromatic rings. The summed E-state index contributed by atoms with van der Waals surface area (Å²) < 4.78 is 28.1. The van der Waals surface area contributed by atoms with Crippen molar-refractivity contribution in [1.82, 2.24) is 14.7 Å². The molecule has 0 aliphatic heterocycles. The van der Waals surface area contributed by atoms with Crippen molar-refractivity contribution in [3.05, 3.63) is 48.3 Å². The van der Waals surface area contributed by atoms with E-state index in [2.05, 4.69) is 20.8 Å². The van der Waals surface area contributed by atoms with Crippen LogP contribution < -0.4 is 4.72 Å². The maximum absolute atomic E-state index is 12.7. The first-order valence-corrected chi connectivity index (χ1v) is 12.2. The van der Waals surface area contributed by atoms with E-state index in [4.69, 9.17) is 0 Å². The number of hydrogen-bond acceptors (Lipinski definition) is 4. The van der Waals surface area contributed by atoms with Crippen molar-refractivity contribution in [3.63, 3.8) is 0 Å². The maximum Gasteiger partial charge on any atom is 0.240 e. The molecular formula is C23H27N3O3S. The van der Waals surface area contributed by atoms with Crippen molar-refractivity contribution in [3.8, 4) is 11.1 Å². The summed E-state index contributed by atoms with van der Waals surface area (Å²) in [5.74, 6) is 0.615. The highest BCUT2D eigenvalue weighted by atomic mass is 32.2. The van der Waals surface area contributed by atoms with E-state index in [0.29, 0.717) is 18.8 Å². The Bertz CT molecular complexity index is 1160. The van der Waals surface area contributed by atoms with Crippen LogP contribution >= 0.6 is 0 Å². The van der Waals surface area contributed by atoms with Crippen LogP contribution in [0.2, 0.25) is 0 Å². The Morgan fingerprint density at radius 2 is 1.83 bits per heavy atom. The maximum atomic E-state index is 12.7. The summed E-state index contributed by atoms with van der Waals surface area (Å²) in [7, 11) is -3.67. The topological polar surface area (TPSA) is 95.1 Å². The van der Waals surface area contributed by atoms with Crippen LogP contribution in [0.25, 0.3) is 22.2 Å². The molecule has 1 aromatic carbocycles. The molecule has 2 fully saturated rings. The molecule has 2 heterocycles. The largest absolute Gasteiger partial charge is 0.389 e. The minimum Gasteiger partial charge on any atom is -0.389 e. The average molecular weight is 426 g/mol. The summed E-state index contributed by atoms with van der Waals surface area (Å²) >= 11 is 0. The van der Waals surface area contributed by atoms with Gasteiger partial charge in [-0.05, 0) is 67.0 Å². The van der Waals surface area contributed by atoms with Crippen molar-refractivity contribution >= 4 is 21.1 Å². The first-order valence-electron chi connectivity index (χ1n) is 10.7. The third kappa shape index (κ3) is 3.89. The molecule has 0 bridgehead atoms. The second-order valence-electron chi connectivity index (χ2n) is 8.75. The van der Waals surface area contributed by atoms with Gasteiger partial charge < -0.3 is 10.1 Å². The minimum absolute atomic E-state index is 0.0648. The molecule has 2 aliphatic rings. The van der Waals surface area contributed by atoms with E-state index < -0.39 is 15.6 Å². The third-order valence-corrected chi connectivity index (χ3v) is 7.84. The molecule has 6 nitrogen and oxygen atoms in total. The van der Waals surface area contributed by atoms with Crippen molar-refractivity contribution in [2.45, 2.75) is 61.4 Å². The van der Waals surface area contributed by atoms with Crippen LogP contribution in [-0.2, 0) is 10.0 Å². The number of nitrogens with one attached hydrogen (secondary N) is 2. The van der Waals surface area contributed by atoms with E-state index in [-0.39, 0.29) is 11.4 Å². The standard InChI is InChI=1S/C23H27N3O3S/c27-23(11-2-1-3-12-23)15-25-30(28,29)18-8-6-16(7-9-18)19-10-13-24-22-20(19)14-21(26-22)17-4-5-17/h6-10,13-14,17,25,27H,1-5,11-12,15H2,(H,24,26). The predicted octanol–water partition coefficient (Wildman–Crippen LogP) is 4.08. The molecule has 2 aromatic heterocycles. The number of aliphatic hydroxyl groups is 1. The van der Waals surface area contributed by atoms with Gasteiger partial charge in [0, 0.05) is 23.8 Å². The van der Waals surface area contributed by atoms with Crippen LogP contribution in [0.1, 0.15) is 56.6 Å². The SMILES string of the molecule is O=S(=O)(NCC1(O)CCCCC1)c1ccc(-c2ccnc3[nH]c(C4CC4)cc23)cc1. The molecule has 0 spiro atoms. The van der Waals surface area contributed by atoms with Gasteiger partial charge in [0.05, 0.1) is 10.5 Å². The molecule has 0 unspecified atom stereocenters. The van der Waals surface area contributed by atoms with Gasteiger partial charge in [-0.1, -0.05) is 31.4 Å². The van der Waals surface area contributed by atoms with Crippen LogP contribution in [-0.4, -0.2) is 35.6 Å². The number of benzene rings is 1. The Hall–Kier alpha value is -2.22. The molecule has 0 saturated heterocycles. The fourth-order valence-electron chi connectivity index (χ4n) is 4.43. The van der Waals surface area contributed by atoms with Crippen molar-refractivity contribution in [2.24, 2.45) is 0 Å². The Morgan fingerprint density at radius 3 is 2.53 bits per heavy atom. The summed E-state index contributed by atoms with van der Waals surface area (Å²) in [5, 5.41) is 11.6. The van der Waals surface area contributed by atoms with Crippen molar-refractivity contribution < 1.29 is 13.5 Å². The Labute approximate surface area is 176 Å². The molecule has 0 radical (unpaired) electrons. The second kappa shape index (κ2) is 7.48. The molecule has 2 aliphatic carbocycles. The summed E-state index contributed by atoms with van der Waals surface area (Å²) in [5.41, 5.74) is 3.16. The zero-order valence-electron chi connectivity index (χ0n) is 16.9. The Balaban J connectivity index is 1.37. The fourth-order valence-corrected chi connectivity index (χ4v) is 5.55. The molecule has 0 atom stereocenters. The number of rotatable bonds is 6. The Morgan fingerprint density at radius 1 is 1.10 bits per heavy atom. The summed E-state index contributed by atoms with van der Waals surface area (Å²) in [6.45, 7) is 0.0648. The van der Waals surface area contributed by atoms with E-state index in [9.17, 15) is 13.5 Å². The van der Waals surface area contributed by atoms with Gasteiger partial charge in [0.15, 0.2) is 0 Å².